The van der Waals surface area contributed by atoms with E-state index in [0.717, 1.165) is 29.7 Å². The minimum Gasteiger partial charge on any atom is -0.493 e. The number of ether oxygens (including phenoxy) is 2. The van der Waals surface area contributed by atoms with Gasteiger partial charge in [-0.25, -0.2) is 4.39 Å². The van der Waals surface area contributed by atoms with E-state index in [-0.39, 0.29) is 5.82 Å². The minimum absolute atomic E-state index is 0.230. The highest BCUT2D eigenvalue weighted by Gasteiger charge is 2.11. The summed E-state index contributed by atoms with van der Waals surface area (Å²) < 4.78 is 24.3. The molecule has 3 rings (SSSR count). The second-order valence-electron chi connectivity index (χ2n) is 6.68. The van der Waals surface area contributed by atoms with Crippen molar-refractivity contribution in [3.63, 3.8) is 0 Å². The van der Waals surface area contributed by atoms with Gasteiger partial charge in [0.1, 0.15) is 12.4 Å². The molecule has 0 aliphatic carbocycles. The predicted molar refractivity (Wildman–Crippen MR) is 121 cm³/mol. The highest BCUT2D eigenvalue weighted by Crippen LogP contribution is 2.34. The molecule has 3 aromatic carbocycles. The molecule has 0 aliphatic rings. The SMILES string of the molecule is COc1cc(CNCCc2ccc(F)cc2)c(Cl)cc1OCc1ccc(Cl)c(Cl)c1. The summed E-state index contributed by atoms with van der Waals surface area (Å²) in [5.41, 5.74) is 2.85. The van der Waals surface area contributed by atoms with Gasteiger partial charge in [0.25, 0.3) is 0 Å². The third-order valence-electron chi connectivity index (χ3n) is 4.53. The van der Waals surface area contributed by atoms with E-state index >= 15 is 0 Å². The Morgan fingerprint density at radius 2 is 1.57 bits per heavy atom. The van der Waals surface area contributed by atoms with Gasteiger partial charge in [0, 0.05) is 17.6 Å². The van der Waals surface area contributed by atoms with Crippen LogP contribution in [0.15, 0.2) is 54.6 Å². The zero-order chi connectivity index (χ0) is 21.5. The lowest BCUT2D eigenvalue weighted by Gasteiger charge is -2.15. The lowest BCUT2D eigenvalue weighted by molar-refractivity contribution is 0.284. The fourth-order valence-corrected chi connectivity index (χ4v) is 3.42. The Morgan fingerprint density at radius 3 is 2.27 bits per heavy atom. The topological polar surface area (TPSA) is 30.5 Å². The maximum absolute atomic E-state index is 13.0. The molecule has 0 amide bonds. The molecule has 0 heterocycles. The van der Waals surface area contributed by atoms with Crippen molar-refractivity contribution in [3.05, 3.63) is 92.2 Å². The van der Waals surface area contributed by atoms with E-state index in [1.807, 2.05) is 12.1 Å². The molecule has 0 aliphatic heterocycles. The van der Waals surface area contributed by atoms with Crippen LogP contribution in [0.3, 0.4) is 0 Å². The van der Waals surface area contributed by atoms with Crippen molar-refractivity contribution >= 4 is 34.8 Å². The molecule has 3 aromatic rings. The van der Waals surface area contributed by atoms with E-state index in [0.29, 0.717) is 39.7 Å². The van der Waals surface area contributed by atoms with Gasteiger partial charge < -0.3 is 14.8 Å². The predicted octanol–water partition coefficient (Wildman–Crippen LogP) is 6.71. The van der Waals surface area contributed by atoms with Crippen LogP contribution in [0, 0.1) is 5.82 Å². The molecule has 3 nitrogen and oxygen atoms in total. The Balaban J connectivity index is 1.58. The number of hydrogen-bond acceptors (Lipinski definition) is 3. The maximum atomic E-state index is 13.0. The molecule has 0 aromatic heterocycles. The molecule has 0 bridgehead atoms. The first-order valence-corrected chi connectivity index (χ1v) is 10.5. The Hall–Kier alpha value is -1.98. The Kier molecular flexibility index (Phi) is 8.23. The van der Waals surface area contributed by atoms with Crippen LogP contribution in [0.2, 0.25) is 15.1 Å². The molecule has 0 unspecified atom stereocenters. The molecule has 0 radical (unpaired) electrons. The molecule has 0 fully saturated rings. The standard InChI is InChI=1S/C23H21Cl3FNO2/c1-29-22-11-17(13-28-9-8-15-2-5-18(27)6-3-15)20(25)12-23(22)30-14-16-4-7-19(24)21(26)10-16/h2-7,10-12,28H,8-9,13-14H2,1H3. The smallest absolute Gasteiger partial charge is 0.163 e. The van der Waals surface area contributed by atoms with Gasteiger partial charge in [-0.2, -0.15) is 0 Å². The molecule has 7 heteroatoms. The van der Waals surface area contributed by atoms with Crippen molar-refractivity contribution in [1.82, 2.24) is 5.32 Å². The highest BCUT2D eigenvalue weighted by molar-refractivity contribution is 6.42. The monoisotopic (exact) mass is 467 g/mol. The van der Waals surface area contributed by atoms with Gasteiger partial charge in [-0.15, -0.1) is 0 Å². The molecular formula is C23H21Cl3FNO2. The lowest BCUT2D eigenvalue weighted by atomic mass is 10.1. The molecule has 0 atom stereocenters. The van der Waals surface area contributed by atoms with E-state index in [4.69, 9.17) is 44.3 Å². The minimum atomic E-state index is -0.230. The summed E-state index contributed by atoms with van der Waals surface area (Å²) in [6, 6.07) is 15.4. The second-order valence-corrected chi connectivity index (χ2v) is 7.91. The van der Waals surface area contributed by atoms with Gasteiger partial charge in [0.2, 0.25) is 0 Å². The summed E-state index contributed by atoms with van der Waals surface area (Å²) in [5.74, 6) is 0.908. The van der Waals surface area contributed by atoms with Gasteiger partial charge in [0.15, 0.2) is 11.5 Å². The average molecular weight is 469 g/mol. The van der Waals surface area contributed by atoms with Gasteiger partial charge in [-0.05, 0) is 60.0 Å². The number of benzene rings is 3. The molecule has 158 valence electrons. The summed E-state index contributed by atoms with van der Waals surface area (Å²) in [5, 5.41) is 4.90. The van der Waals surface area contributed by atoms with Gasteiger partial charge in [0.05, 0.1) is 17.2 Å². The van der Waals surface area contributed by atoms with Crippen molar-refractivity contribution in [2.45, 2.75) is 19.6 Å². The maximum Gasteiger partial charge on any atom is 0.163 e. The third-order valence-corrected chi connectivity index (χ3v) is 5.62. The highest BCUT2D eigenvalue weighted by atomic mass is 35.5. The normalized spacial score (nSPS) is 10.8. The van der Waals surface area contributed by atoms with E-state index in [1.54, 1.807) is 37.4 Å². The number of hydrogen-bond donors (Lipinski definition) is 1. The van der Waals surface area contributed by atoms with Crippen molar-refractivity contribution in [3.8, 4) is 11.5 Å². The number of halogens is 4. The Bertz CT molecular complexity index is 996. The van der Waals surface area contributed by atoms with Crippen LogP contribution < -0.4 is 14.8 Å². The Morgan fingerprint density at radius 1 is 0.833 bits per heavy atom. The number of methoxy groups -OCH3 is 1. The quantitative estimate of drug-likeness (QED) is 0.354. The first-order chi connectivity index (χ1) is 14.5. The summed E-state index contributed by atoms with van der Waals surface area (Å²) in [7, 11) is 1.58. The summed E-state index contributed by atoms with van der Waals surface area (Å²) >= 11 is 18.4. The first kappa shape index (κ1) is 22.7. The summed E-state index contributed by atoms with van der Waals surface area (Å²) in [6.45, 7) is 1.61. The fraction of sp³-hybridized carbons (Fsp3) is 0.217. The van der Waals surface area contributed by atoms with Crippen molar-refractivity contribution in [2.75, 3.05) is 13.7 Å². The molecular weight excluding hydrogens is 448 g/mol. The van der Waals surface area contributed by atoms with E-state index in [2.05, 4.69) is 5.32 Å². The van der Waals surface area contributed by atoms with Crippen LogP contribution >= 0.6 is 34.8 Å². The summed E-state index contributed by atoms with van der Waals surface area (Å²) in [6.07, 6.45) is 0.792. The zero-order valence-corrected chi connectivity index (χ0v) is 18.6. The van der Waals surface area contributed by atoms with Crippen LogP contribution in [-0.4, -0.2) is 13.7 Å². The molecule has 0 saturated carbocycles. The first-order valence-electron chi connectivity index (χ1n) is 9.34. The van der Waals surface area contributed by atoms with Gasteiger partial charge >= 0.3 is 0 Å². The average Bonchev–Trinajstić information content (AvgIpc) is 2.74. The molecule has 0 spiro atoms. The number of nitrogens with one attached hydrogen (secondary N) is 1. The van der Waals surface area contributed by atoms with Gasteiger partial charge in [-0.1, -0.05) is 53.0 Å². The fourth-order valence-electron chi connectivity index (χ4n) is 2.88. The van der Waals surface area contributed by atoms with Crippen molar-refractivity contribution in [2.24, 2.45) is 0 Å². The van der Waals surface area contributed by atoms with E-state index in [1.165, 1.54) is 12.1 Å². The van der Waals surface area contributed by atoms with Crippen LogP contribution in [0.5, 0.6) is 11.5 Å². The third kappa shape index (κ3) is 6.26. The van der Waals surface area contributed by atoms with Gasteiger partial charge in [-0.3, -0.25) is 0 Å². The lowest BCUT2D eigenvalue weighted by Crippen LogP contribution is -2.17. The zero-order valence-electron chi connectivity index (χ0n) is 16.4. The number of rotatable bonds is 9. The van der Waals surface area contributed by atoms with E-state index in [9.17, 15) is 4.39 Å². The van der Waals surface area contributed by atoms with Crippen molar-refractivity contribution < 1.29 is 13.9 Å². The molecule has 0 saturated heterocycles. The van der Waals surface area contributed by atoms with Crippen LogP contribution in [0.25, 0.3) is 0 Å². The van der Waals surface area contributed by atoms with Crippen molar-refractivity contribution in [1.29, 1.82) is 0 Å². The van der Waals surface area contributed by atoms with Crippen LogP contribution in [0.1, 0.15) is 16.7 Å². The van der Waals surface area contributed by atoms with E-state index < -0.39 is 0 Å². The van der Waals surface area contributed by atoms with Crippen LogP contribution in [-0.2, 0) is 19.6 Å². The second kappa shape index (κ2) is 10.9. The van der Waals surface area contributed by atoms with Crippen LogP contribution in [0.4, 0.5) is 4.39 Å². The Labute approximate surface area is 190 Å². The summed E-state index contributed by atoms with van der Waals surface area (Å²) in [4.78, 5) is 0. The molecule has 30 heavy (non-hydrogen) atoms. The largest absolute Gasteiger partial charge is 0.493 e. The molecule has 1 N–H and O–H groups in total.